The molecule has 138 valence electrons. The normalized spacial score (nSPS) is 20.0. The van der Waals surface area contributed by atoms with Crippen molar-refractivity contribution in [2.45, 2.75) is 39.0 Å². The number of nitrogens with zero attached hydrogens (tertiary/aromatic N) is 3. The molecular formula is C20H27N5O. The molecule has 2 aromatic heterocycles. The molecule has 1 atom stereocenters. The van der Waals surface area contributed by atoms with Gasteiger partial charge >= 0.3 is 0 Å². The summed E-state index contributed by atoms with van der Waals surface area (Å²) in [4.78, 5) is 18.8. The molecule has 2 aliphatic rings. The summed E-state index contributed by atoms with van der Waals surface area (Å²) in [7, 11) is 0. The number of aromatic amines is 1. The minimum atomic E-state index is 0.296. The smallest absolute Gasteiger partial charge is 0.225 e. The summed E-state index contributed by atoms with van der Waals surface area (Å²) in [6.45, 7) is 6.92. The Kier molecular flexibility index (Phi) is 4.66. The van der Waals surface area contributed by atoms with E-state index in [0.29, 0.717) is 23.7 Å². The minimum absolute atomic E-state index is 0.296. The first-order chi connectivity index (χ1) is 12.6. The first-order valence-corrected chi connectivity index (χ1v) is 9.64. The van der Waals surface area contributed by atoms with Crippen LogP contribution in [0.1, 0.15) is 44.7 Å². The zero-order valence-electron chi connectivity index (χ0n) is 15.5. The average Bonchev–Trinajstić information content (AvgIpc) is 3.17. The molecule has 1 aliphatic heterocycles. The Hall–Kier alpha value is -2.37. The van der Waals surface area contributed by atoms with E-state index in [0.717, 1.165) is 61.5 Å². The molecule has 4 rings (SSSR count). The van der Waals surface area contributed by atoms with Crippen LogP contribution in [0, 0.1) is 11.8 Å². The third-order valence-corrected chi connectivity index (χ3v) is 5.27. The van der Waals surface area contributed by atoms with E-state index in [1.165, 1.54) is 0 Å². The van der Waals surface area contributed by atoms with Crippen molar-refractivity contribution in [1.82, 2.24) is 20.1 Å². The van der Waals surface area contributed by atoms with E-state index < -0.39 is 0 Å². The SMILES string of the molecule is CC(C)CNc1cc(-c2cn[nH]c2C2CCN(C(=O)C3CC3)C2)ccn1. The third kappa shape index (κ3) is 3.59. The summed E-state index contributed by atoms with van der Waals surface area (Å²) in [6, 6.07) is 4.11. The van der Waals surface area contributed by atoms with E-state index >= 15 is 0 Å². The van der Waals surface area contributed by atoms with E-state index in [4.69, 9.17) is 0 Å². The van der Waals surface area contributed by atoms with E-state index in [9.17, 15) is 4.79 Å². The van der Waals surface area contributed by atoms with Crippen LogP contribution >= 0.6 is 0 Å². The van der Waals surface area contributed by atoms with Gasteiger partial charge in [0, 0.05) is 48.9 Å². The van der Waals surface area contributed by atoms with Crippen LogP contribution in [-0.4, -0.2) is 45.6 Å². The number of anilines is 1. The Morgan fingerprint density at radius 3 is 3.00 bits per heavy atom. The minimum Gasteiger partial charge on any atom is -0.370 e. The van der Waals surface area contributed by atoms with Crippen molar-refractivity contribution in [2.75, 3.05) is 25.0 Å². The fourth-order valence-corrected chi connectivity index (χ4v) is 3.63. The van der Waals surface area contributed by atoms with Gasteiger partial charge in [0.15, 0.2) is 0 Å². The molecule has 2 fully saturated rings. The van der Waals surface area contributed by atoms with Crippen LogP contribution in [0.3, 0.4) is 0 Å². The highest BCUT2D eigenvalue weighted by molar-refractivity contribution is 5.81. The molecule has 1 aliphatic carbocycles. The predicted molar refractivity (Wildman–Crippen MR) is 102 cm³/mol. The van der Waals surface area contributed by atoms with Crippen LogP contribution in [0.2, 0.25) is 0 Å². The summed E-state index contributed by atoms with van der Waals surface area (Å²) < 4.78 is 0. The van der Waals surface area contributed by atoms with Crippen molar-refractivity contribution in [1.29, 1.82) is 0 Å². The van der Waals surface area contributed by atoms with Crippen LogP contribution in [0.5, 0.6) is 0 Å². The number of hydrogen-bond acceptors (Lipinski definition) is 4. The van der Waals surface area contributed by atoms with E-state index in [1.807, 2.05) is 23.4 Å². The molecule has 0 bridgehead atoms. The molecule has 6 nitrogen and oxygen atoms in total. The number of aromatic nitrogens is 3. The van der Waals surface area contributed by atoms with Crippen LogP contribution in [0.4, 0.5) is 5.82 Å². The molecular weight excluding hydrogens is 326 g/mol. The van der Waals surface area contributed by atoms with Crippen LogP contribution in [0.25, 0.3) is 11.1 Å². The van der Waals surface area contributed by atoms with Crippen LogP contribution < -0.4 is 5.32 Å². The van der Waals surface area contributed by atoms with Gasteiger partial charge in [0.25, 0.3) is 0 Å². The van der Waals surface area contributed by atoms with Gasteiger partial charge in [-0.05, 0) is 42.9 Å². The number of pyridine rings is 1. The number of rotatable bonds is 6. The third-order valence-electron chi connectivity index (χ3n) is 5.27. The molecule has 1 unspecified atom stereocenters. The summed E-state index contributed by atoms with van der Waals surface area (Å²) in [5.74, 6) is 2.43. The van der Waals surface area contributed by atoms with Gasteiger partial charge < -0.3 is 10.2 Å². The number of H-pyrrole nitrogens is 1. The number of hydrogen-bond donors (Lipinski definition) is 2. The number of carbonyl (C=O) groups excluding carboxylic acids is 1. The summed E-state index contributed by atoms with van der Waals surface area (Å²) >= 11 is 0. The molecule has 1 amide bonds. The fraction of sp³-hybridized carbons (Fsp3) is 0.550. The Labute approximate surface area is 154 Å². The molecule has 3 heterocycles. The standard InChI is InChI=1S/C20H27N5O/c1-13(2)10-22-18-9-15(5-7-21-18)17-11-23-24-19(17)16-6-8-25(12-16)20(26)14-3-4-14/h5,7,9,11,13-14,16H,3-4,6,8,10,12H2,1-2H3,(H,21,22)(H,23,24). The lowest BCUT2D eigenvalue weighted by Crippen LogP contribution is -2.29. The Morgan fingerprint density at radius 2 is 2.23 bits per heavy atom. The zero-order chi connectivity index (χ0) is 18.1. The quantitative estimate of drug-likeness (QED) is 0.836. The van der Waals surface area contributed by atoms with Crippen molar-refractivity contribution in [3.8, 4) is 11.1 Å². The molecule has 2 N–H and O–H groups in total. The van der Waals surface area contributed by atoms with Crippen LogP contribution in [0.15, 0.2) is 24.5 Å². The van der Waals surface area contributed by atoms with E-state index in [-0.39, 0.29) is 0 Å². The summed E-state index contributed by atoms with van der Waals surface area (Å²) in [5.41, 5.74) is 3.37. The molecule has 0 spiro atoms. The number of amides is 1. The molecule has 26 heavy (non-hydrogen) atoms. The maximum Gasteiger partial charge on any atom is 0.225 e. The molecule has 0 radical (unpaired) electrons. The van der Waals surface area contributed by atoms with Gasteiger partial charge in [-0.1, -0.05) is 13.8 Å². The number of nitrogens with one attached hydrogen (secondary N) is 2. The Balaban J connectivity index is 1.50. The molecule has 2 aromatic rings. The second kappa shape index (κ2) is 7.09. The summed E-state index contributed by atoms with van der Waals surface area (Å²) in [5, 5.41) is 10.9. The maximum absolute atomic E-state index is 12.3. The van der Waals surface area contributed by atoms with Gasteiger partial charge in [-0.2, -0.15) is 5.10 Å². The van der Waals surface area contributed by atoms with Gasteiger partial charge in [0.2, 0.25) is 5.91 Å². The van der Waals surface area contributed by atoms with E-state index in [2.05, 4.69) is 40.4 Å². The Bertz CT molecular complexity index is 780. The molecule has 1 saturated heterocycles. The van der Waals surface area contributed by atoms with E-state index in [1.54, 1.807) is 0 Å². The van der Waals surface area contributed by atoms with Gasteiger partial charge in [-0.25, -0.2) is 4.98 Å². The molecule has 1 saturated carbocycles. The zero-order valence-corrected chi connectivity index (χ0v) is 15.5. The molecule has 0 aromatic carbocycles. The second-order valence-electron chi connectivity index (χ2n) is 7.95. The highest BCUT2D eigenvalue weighted by atomic mass is 16.2. The Morgan fingerprint density at radius 1 is 1.38 bits per heavy atom. The van der Waals surface area contributed by atoms with Gasteiger partial charge in [-0.15, -0.1) is 0 Å². The number of carbonyl (C=O) groups is 1. The topological polar surface area (TPSA) is 73.9 Å². The molecule has 6 heteroatoms. The maximum atomic E-state index is 12.3. The predicted octanol–water partition coefficient (Wildman–Crippen LogP) is 3.27. The first kappa shape index (κ1) is 17.1. The van der Waals surface area contributed by atoms with Crippen LogP contribution in [-0.2, 0) is 4.79 Å². The van der Waals surface area contributed by atoms with Crippen molar-refractivity contribution >= 4 is 11.7 Å². The van der Waals surface area contributed by atoms with Gasteiger partial charge in [0.1, 0.15) is 5.82 Å². The highest BCUT2D eigenvalue weighted by Crippen LogP contribution is 2.37. The van der Waals surface area contributed by atoms with Gasteiger partial charge in [0.05, 0.1) is 6.20 Å². The van der Waals surface area contributed by atoms with Crippen molar-refractivity contribution in [3.05, 3.63) is 30.2 Å². The lowest BCUT2D eigenvalue weighted by Gasteiger charge is -2.16. The van der Waals surface area contributed by atoms with Gasteiger partial charge in [-0.3, -0.25) is 9.89 Å². The van der Waals surface area contributed by atoms with Crippen molar-refractivity contribution in [2.24, 2.45) is 11.8 Å². The van der Waals surface area contributed by atoms with Crippen molar-refractivity contribution in [3.63, 3.8) is 0 Å². The van der Waals surface area contributed by atoms with Crippen molar-refractivity contribution < 1.29 is 4.79 Å². The number of likely N-dealkylation sites (tertiary alicyclic amines) is 1. The lowest BCUT2D eigenvalue weighted by atomic mass is 9.97. The lowest BCUT2D eigenvalue weighted by molar-refractivity contribution is -0.131. The average molecular weight is 353 g/mol. The second-order valence-corrected chi connectivity index (χ2v) is 7.95. The summed E-state index contributed by atoms with van der Waals surface area (Å²) in [6.07, 6.45) is 6.86. The fourth-order valence-electron chi connectivity index (χ4n) is 3.63. The first-order valence-electron chi connectivity index (χ1n) is 9.64. The highest BCUT2D eigenvalue weighted by Gasteiger charge is 2.37. The largest absolute Gasteiger partial charge is 0.370 e. The monoisotopic (exact) mass is 353 g/mol.